The molecule has 16 heavy (non-hydrogen) atoms. The van der Waals surface area contributed by atoms with E-state index in [1.165, 1.54) is 32.1 Å². The van der Waals surface area contributed by atoms with Crippen LogP contribution < -0.4 is 11.1 Å². The summed E-state index contributed by atoms with van der Waals surface area (Å²) in [6, 6.07) is 0.749. The van der Waals surface area contributed by atoms with Gasteiger partial charge in [0.05, 0.1) is 0 Å². The highest BCUT2D eigenvalue weighted by molar-refractivity contribution is 5.73. The number of nitrogens with two attached hydrogens (primary N) is 1. The number of hydrogen-bond donors (Lipinski definition) is 2. The Bertz CT molecular complexity index is 206. The Morgan fingerprint density at radius 1 is 1.00 bits per heavy atom. The van der Waals surface area contributed by atoms with E-state index in [4.69, 9.17) is 5.73 Å². The van der Waals surface area contributed by atoms with Gasteiger partial charge in [-0.15, -0.1) is 0 Å². The summed E-state index contributed by atoms with van der Waals surface area (Å²) < 4.78 is 0. The lowest BCUT2D eigenvalue weighted by atomic mass is 10.0. The molecule has 3 N–H and O–H groups in total. The number of carbonyl (C=O) groups is 1. The number of nitrogens with one attached hydrogen (secondary N) is 1. The summed E-state index contributed by atoms with van der Waals surface area (Å²) in [5.74, 6) is 0.101. The molecule has 1 saturated carbocycles. The average Bonchev–Trinajstić information content (AvgIpc) is 2.24. The van der Waals surface area contributed by atoms with E-state index in [1.54, 1.807) is 6.92 Å². The van der Waals surface area contributed by atoms with Gasteiger partial charge in [0, 0.05) is 19.0 Å². The lowest BCUT2D eigenvalue weighted by molar-refractivity contribution is -0.119. The zero-order valence-electron chi connectivity index (χ0n) is 10.5. The van der Waals surface area contributed by atoms with Gasteiger partial charge >= 0.3 is 0 Å². The van der Waals surface area contributed by atoms with Gasteiger partial charge in [0.2, 0.25) is 5.91 Å². The highest BCUT2D eigenvalue weighted by Crippen LogP contribution is 2.16. The minimum atomic E-state index is 0.101. The molecule has 0 aromatic heterocycles. The average molecular weight is 226 g/mol. The van der Waals surface area contributed by atoms with Gasteiger partial charge in [-0.1, -0.05) is 25.7 Å². The number of rotatable bonds is 1. The van der Waals surface area contributed by atoms with Crippen molar-refractivity contribution in [2.45, 2.75) is 76.8 Å². The van der Waals surface area contributed by atoms with Gasteiger partial charge in [-0.25, -0.2) is 0 Å². The van der Waals surface area contributed by atoms with Crippen molar-refractivity contribution in [3.63, 3.8) is 0 Å². The van der Waals surface area contributed by atoms with Crippen molar-refractivity contribution in [1.82, 2.24) is 5.32 Å². The van der Waals surface area contributed by atoms with E-state index in [0.717, 1.165) is 25.7 Å². The van der Waals surface area contributed by atoms with E-state index < -0.39 is 0 Å². The molecule has 0 spiro atoms. The summed E-state index contributed by atoms with van der Waals surface area (Å²) in [5, 5.41) is 3.05. The second kappa shape index (κ2) is 7.66. The molecule has 94 valence electrons. The summed E-state index contributed by atoms with van der Waals surface area (Å²) in [6.07, 6.45) is 10.7. The molecule has 3 heteroatoms. The van der Waals surface area contributed by atoms with Crippen LogP contribution in [0.4, 0.5) is 0 Å². The van der Waals surface area contributed by atoms with Gasteiger partial charge in [-0.05, 0) is 32.1 Å². The number of amides is 1. The van der Waals surface area contributed by atoms with E-state index in [9.17, 15) is 4.79 Å². The van der Waals surface area contributed by atoms with E-state index >= 15 is 0 Å². The molecule has 2 unspecified atom stereocenters. The summed E-state index contributed by atoms with van der Waals surface area (Å²) >= 11 is 0. The second-order valence-electron chi connectivity index (χ2n) is 5.08. The molecule has 0 radical (unpaired) electrons. The molecule has 0 aliphatic heterocycles. The van der Waals surface area contributed by atoms with Crippen LogP contribution in [0, 0.1) is 0 Å². The fourth-order valence-corrected chi connectivity index (χ4v) is 2.50. The fraction of sp³-hybridized carbons (Fsp3) is 0.923. The Kier molecular flexibility index (Phi) is 6.46. The van der Waals surface area contributed by atoms with Crippen molar-refractivity contribution >= 4 is 5.91 Å². The lowest BCUT2D eigenvalue weighted by Crippen LogP contribution is -2.33. The third kappa shape index (κ3) is 6.11. The van der Waals surface area contributed by atoms with Crippen LogP contribution in [0.1, 0.15) is 64.7 Å². The molecule has 1 amide bonds. The topological polar surface area (TPSA) is 55.1 Å². The van der Waals surface area contributed by atoms with E-state index in [0.29, 0.717) is 12.1 Å². The van der Waals surface area contributed by atoms with Crippen LogP contribution in [0.25, 0.3) is 0 Å². The molecule has 1 fully saturated rings. The predicted molar refractivity (Wildman–Crippen MR) is 67.1 cm³/mol. The molecule has 0 aromatic rings. The first kappa shape index (κ1) is 13.5. The van der Waals surface area contributed by atoms with Gasteiger partial charge < -0.3 is 11.1 Å². The Hall–Kier alpha value is -0.570. The Labute approximate surface area is 99.2 Å². The van der Waals surface area contributed by atoms with Crippen molar-refractivity contribution in [2.75, 3.05) is 0 Å². The third-order valence-electron chi connectivity index (χ3n) is 3.41. The highest BCUT2D eigenvalue weighted by atomic mass is 16.1. The minimum absolute atomic E-state index is 0.101. The Morgan fingerprint density at radius 3 is 2.25 bits per heavy atom. The SMILES string of the molecule is CC(=O)NC1CCCCCCC(N)CCC1. The van der Waals surface area contributed by atoms with Crippen molar-refractivity contribution in [2.24, 2.45) is 5.73 Å². The van der Waals surface area contributed by atoms with Crippen LogP contribution in [-0.4, -0.2) is 18.0 Å². The van der Waals surface area contributed by atoms with Gasteiger partial charge in [-0.2, -0.15) is 0 Å². The van der Waals surface area contributed by atoms with Crippen LogP contribution >= 0.6 is 0 Å². The summed E-state index contributed by atoms with van der Waals surface area (Å²) in [6.45, 7) is 1.61. The zero-order valence-corrected chi connectivity index (χ0v) is 10.5. The standard InChI is InChI=1S/C13H26N2O/c1-11(16)15-13-9-5-3-2-4-7-12(14)8-6-10-13/h12-13H,2-10,14H2,1H3,(H,15,16). The first-order valence-corrected chi connectivity index (χ1v) is 6.71. The maximum Gasteiger partial charge on any atom is 0.217 e. The van der Waals surface area contributed by atoms with Crippen molar-refractivity contribution in [3.05, 3.63) is 0 Å². The Morgan fingerprint density at radius 2 is 1.56 bits per heavy atom. The van der Waals surface area contributed by atoms with Crippen LogP contribution in [-0.2, 0) is 4.79 Å². The molecule has 0 saturated heterocycles. The molecule has 0 bridgehead atoms. The van der Waals surface area contributed by atoms with Crippen molar-refractivity contribution in [1.29, 1.82) is 0 Å². The number of hydrogen-bond acceptors (Lipinski definition) is 2. The van der Waals surface area contributed by atoms with Crippen molar-refractivity contribution in [3.8, 4) is 0 Å². The third-order valence-corrected chi connectivity index (χ3v) is 3.41. The molecule has 1 aliphatic rings. The smallest absolute Gasteiger partial charge is 0.217 e. The second-order valence-corrected chi connectivity index (χ2v) is 5.08. The first-order chi connectivity index (χ1) is 7.68. The quantitative estimate of drug-likeness (QED) is 0.721. The van der Waals surface area contributed by atoms with Crippen LogP contribution in [0.2, 0.25) is 0 Å². The van der Waals surface area contributed by atoms with E-state index in [2.05, 4.69) is 5.32 Å². The largest absolute Gasteiger partial charge is 0.354 e. The van der Waals surface area contributed by atoms with E-state index in [-0.39, 0.29) is 5.91 Å². The molecule has 0 heterocycles. The van der Waals surface area contributed by atoms with Gasteiger partial charge in [0.15, 0.2) is 0 Å². The molecular weight excluding hydrogens is 200 g/mol. The summed E-state index contributed by atoms with van der Waals surface area (Å²) in [7, 11) is 0. The highest BCUT2D eigenvalue weighted by Gasteiger charge is 2.12. The number of carbonyl (C=O) groups excluding carboxylic acids is 1. The molecule has 1 rings (SSSR count). The maximum atomic E-state index is 11.1. The fourth-order valence-electron chi connectivity index (χ4n) is 2.50. The molecular formula is C13H26N2O. The zero-order chi connectivity index (χ0) is 11.8. The van der Waals surface area contributed by atoms with Crippen LogP contribution in [0.3, 0.4) is 0 Å². The lowest BCUT2D eigenvalue weighted by Gasteiger charge is -2.18. The Balaban J connectivity index is 2.35. The summed E-state index contributed by atoms with van der Waals surface area (Å²) in [5.41, 5.74) is 6.04. The van der Waals surface area contributed by atoms with E-state index in [1.807, 2.05) is 0 Å². The summed E-state index contributed by atoms with van der Waals surface area (Å²) in [4.78, 5) is 11.1. The molecule has 3 nitrogen and oxygen atoms in total. The minimum Gasteiger partial charge on any atom is -0.354 e. The molecule has 1 aliphatic carbocycles. The predicted octanol–water partition coefficient (Wildman–Crippen LogP) is 2.34. The van der Waals surface area contributed by atoms with Gasteiger partial charge in [0.25, 0.3) is 0 Å². The monoisotopic (exact) mass is 226 g/mol. The maximum absolute atomic E-state index is 11.1. The van der Waals surface area contributed by atoms with Gasteiger partial charge in [-0.3, -0.25) is 4.79 Å². The molecule has 2 atom stereocenters. The van der Waals surface area contributed by atoms with Crippen molar-refractivity contribution < 1.29 is 4.79 Å². The van der Waals surface area contributed by atoms with Crippen LogP contribution in [0.5, 0.6) is 0 Å². The van der Waals surface area contributed by atoms with Gasteiger partial charge in [0.1, 0.15) is 0 Å². The molecule has 0 aromatic carbocycles. The van der Waals surface area contributed by atoms with Crippen LogP contribution in [0.15, 0.2) is 0 Å². The first-order valence-electron chi connectivity index (χ1n) is 6.71. The normalized spacial score (nSPS) is 29.1.